The molecule has 1 aliphatic rings. The van der Waals surface area contributed by atoms with Crippen LogP contribution in [0.3, 0.4) is 0 Å². The van der Waals surface area contributed by atoms with Gasteiger partial charge in [-0.15, -0.1) is 0 Å². The molecule has 1 aromatic carbocycles. The molecule has 1 saturated heterocycles. The molecule has 1 atom stereocenters. The third-order valence-corrected chi connectivity index (χ3v) is 4.52. The summed E-state index contributed by atoms with van der Waals surface area (Å²) >= 11 is 0. The average molecular weight is 348 g/mol. The molecule has 0 aliphatic carbocycles. The van der Waals surface area contributed by atoms with E-state index in [-0.39, 0.29) is 13.2 Å². The molecule has 128 valence electrons. The first-order valence-corrected chi connectivity index (χ1v) is 8.73. The number of nitrogens with zero attached hydrogens (tertiary/aromatic N) is 1. The quantitative estimate of drug-likeness (QED) is 0.894. The van der Waals surface area contributed by atoms with E-state index in [1.807, 2.05) is 6.07 Å². The summed E-state index contributed by atoms with van der Waals surface area (Å²) in [5.41, 5.74) is 0.768. The van der Waals surface area contributed by atoms with Gasteiger partial charge in [0.2, 0.25) is 10.0 Å². The third kappa shape index (κ3) is 5.14. The normalized spacial score (nSPS) is 21.0. The highest BCUT2D eigenvalue weighted by molar-refractivity contribution is 7.89. The molecule has 1 amide bonds. The van der Waals surface area contributed by atoms with Crippen molar-refractivity contribution < 1.29 is 26.7 Å². The molecule has 23 heavy (non-hydrogen) atoms. The van der Waals surface area contributed by atoms with Gasteiger partial charge < -0.3 is 9.64 Å². The first kappa shape index (κ1) is 17.6. The summed E-state index contributed by atoms with van der Waals surface area (Å²) in [7, 11) is -4.06. The number of likely N-dealkylation sites (tertiary alicyclic amines) is 1. The molecule has 9 heteroatoms. The van der Waals surface area contributed by atoms with Crippen molar-refractivity contribution in [1.82, 2.24) is 4.90 Å². The minimum atomic E-state index is -4.06. The van der Waals surface area contributed by atoms with Crippen LogP contribution in [0.25, 0.3) is 0 Å². The minimum Gasteiger partial charge on any atom is -0.445 e. The van der Waals surface area contributed by atoms with Crippen LogP contribution in [0.1, 0.15) is 12.0 Å². The standard InChI is InChI=1S/C14H18F2N2O4S/c15-14(16)6-7-18(8-12(14)10-23(17,20)21)13(19)22-9-11-4-2-1-3-5-11/h1-5,12H,6-10H2,(H2,17,20,21). The van der Waals surface area contributed by atoms with Crippen LogP contribution in [0.2, 0.25) is 0 Å². The highest BCUT2D eigenvalue weighted by Crippen LogP contribution is 2.34. The maximum absolute atomic E-state index is 13.8. The maximum Gasteiger partial charge on any atom is 0.410 e. The summed E-state index contributed by atoms with van der Waals surface area (Å²) < 4.78 is 54.8. The Labute approximate surface area is 133 Å². The number of carbonyl (C=O) groups is 1. The molecular weight excluding hydrogens is 330 g/mol. The smallest absolute Gasteiger partial charge is 0.410 e. The molecule has 0 radical (unpaired) electrons. The molecule has 0 aromatic heterocycles. The Hall–Kier alpha value is -1.74. The third-order valence-electron chi connectivity index (χ3n) is 3.65. The van der Waals surface area contributed by atoms with E-state index in [1.165, 1.54) is 0 Å². The average Bonchev–Trinajstić information content (AvgIpc) is 2.46. The topological polar surface area (TPSA) is 89.7 Å². The maximum atomic E-state index is 13.8. The molecule has 1 fully saturated rings. The van der Waals surface area contributed by atoms with E-state index < -0.39 is 46.7 Å². The summed E-state index contributed by atoms with van der Waals surface area (Å²) in [6, 6.07) is 8.91. The van der Waals surface area contributed by atoms with Crippen LogP contribution in [-0.4, -0.2) is 44.2 Å². The number of halogens is 2. The molecule has 1 aliphatic heterocycles. The first-order chi connectivity index (χ1) is 10.7. The molecule has 1 aromatic rings. The number of hydrogen-bond donors (Lipinski definition) is 1. The van der Waals surface area contributed by atoms with E-state index in [0.717, 1.165) is 10.5 Å². The summed E-state index contributed by atoms with van der Waals surface area (Å²) in [6.07, 6.45) is -1.36. The summed E-state index contributed by atoms with van der Waals surface area (Å²) in [5.74, 6) is -5.58. The van der Waals surface area contributed by atoms with Gasteiger partial charge in [-0.2, -0.15) is 0 Å². The highest BCUT2D eigenvalue weighted by Gasteiger charge is 2.46. The Morgan fingerprint density at radius 1 is 1.35 bits per heavy atom. The molecule has 1 unspecified atom stereocenters. The van der Waals surface area contributed by atoms with Gasteiger partial charge in [0.25, 0.3) is 5.92 Å². The number of carbonyl (C=O) groups excluding carboxylic acids is 1. The molecule has 0 spiro atoms. The van der Waals surface area contributed by atoms with Gasteiger partial charge >= 0.3 is 6.09 Å². The fourth-order valence-electron chi connectivity index (χ4n) is 2.41. The molecule has 0 saturated carbocycles. The van der Waals surface area contributed by atoms with Crippen LogP contribution in [0, 0.1) is 5.92 Å². The molecule has 6 nitrogen and oxygen atoms in total. The van der Waals surface area contributed by atoms with Crippen LogP contribution in [0.15, 0.2) is 30.3 Å². The lowest BCUT2D eigenvalue weighted by Crippen LogP contribution is -2.52. The van der Waals surface area contributed by atoms with Crippen molar-refractivity contribution in [2.75, 3.05) is 18.8 Å². The second-order valence-electron chi connectivity index (χ2n) is 5.52. The second-order valence-corrected chi connectivity index (χ2v) is 7.18. The second kappa shape index (κ2) is 6.79. The zero-order valence-electron chi connectivity index (χ0n) is 12.3. The Morgan fingerprint density at radius 3 is 2.61 bits per heavy atom. The fraction of sp³-hybridized carbons (Fsp3) is 0.500. The molecule has 0 bridgehead atoms. The zero-order chi connectivity index (χ0) is 17.1. The van der Waals surface area contributed by atoms with Crippen LogP contribution in [-0.2, 0) is 21.4 Å². The van der Waals surface area contributed by atoms with Gasteiger partial charge in [-0.1, -0.05) is 30.3 Å². The summed E-state index contributed by atoms with van der Waals surface area (Å²) in [6.45, 7) is -0.578. The Bertz CT molecular complexity index is 652. The number of hydrogen-bond acceptors (Lipinski definition) is 4. The SMILES string of the molecule is NS(=O)(=O)CC1CN(C(=O)OCc2ccccc2)CCC1(F)F. The summed E-state index contributed by atoms with van der Waals surface area (Å²) in [5, 5.41) is 4.85. The number of primary sulfonamides is 1. The van der Waals surface area contributed by atoms with E-state index >= 15 is 0 Å². The lowest BCUT2D eigenvalue weighted by atomic mass is 9.95. The van der Waals surface area contributed by atoms with E-state index in [1.54, 1.807) is 24.3 Å². The van der Waals surface area contributed by atoms with E-state index in [0.29, 0.717) is 0 Å². The molecule has 2 rings (SSSR count). The van der Waals surface area contributed by atoms with Gasteiger partial charge in [0.15, 0.2) is 0 Å². The van der Waals surface area contributed by atoms with E-state index in [4.69, 9.17) is 9.88 Å². The largest absolute Gasteiger partial charge is 0.445 e. The molecule has 2 N–H and O–H groups in total. The van der Waals surface area contributed by atoms with Crippen molar-refractivity contribution >= 4 is 16.1 Å². The number of rotatable bonds is 4. The number of piperidine rings is 1. The Kier molecular flexibility index (Phi) is 5.20. The lowest BCUT2D eigenvalue weighted by Gasteiger charge is -2.37. The first-order valence-electron chi connectivity index (χ1n) is 7.01. The predicted molar refractivity (Wildman–Crippen MR) is 79.2 cm³/mol. The van der Waals surface area contributed by atoms with Crippen LogP contribution in [0.4, 0.5) is 13.6 Å². The van der Waals surface area contributed by atoms with Gasteiger partial charge in [0.05, 0.1) is 11.7 Å². The predicted octanol–water partition coefficient (Wildman–Crippen LogP) is 1.57. The lowest BCUT2D eigenvalue weighted by molar-refractivity contribution is -0.0939. The fourth-order valence-corrected chi connectivity index (χ4v) is 3.32. The van der Waals surface area contributed by atoms with Crippen LogP contribution in [0.5, 0.6) is 0 Å². The Morgan fingerprint density at radius 2 is 2.00 bits per heavy atom. The van der Waals surface area contributed by atoms with Crippen molar-refractivity contribution in [3.63, 3.8) is 0 Å². The minimum absolute atomic E-state index is 0.0203. The van der Waals surface area contributed by atoms with Gasteiger partial charge in [0, 0.05) is 19.5 Å². The zero-order valence-corrected chi connectivity index (χ0v) is 13.1. The van der Waals surface area contributed by atoms with E-state index in [9.17, 15) is 22.0 Å². The number of nitrogens with two attached hydrogens (primary N) is 1. The van der Waals surface area contributed by atoms with Crippen molar-refractivity contribution in [3.05, 3.63) is 35.9 Å². The monoisotopic (exact) mass is 348 g/mol. The molecule has 1 heterocycles. The number of amides is 1. The van der Waals surface area contributed by atoms with Crippen molar-refractivity contribution in [1.29, 1.82) is 0 Å². The number of alkyl halides is 2. The Balaban J connectivity index is 1.96. The number of ether oxygens (including phenoxy) is 1. The number of benzene rings is 1. The molecular formula is C14H18F2N2O4S. The van der Waals surface area contributed by atoms with E-state index in [2.05, 4.69) is 0 Å². The van der Waals surface area contributed by atoms with Crippen LogP contribution < -0.4 is 5.14 Å². The summed E-state index contributed by atoms with van der Waals surface area (Å²) in [4.78, 5) is 13.1. The number of sulfonamides is 1. The van der Waals surface area contributed by atoms with Gasteiger partial charge in [-0.05, 0) is 5.56 Å². The van der Waals surface area contributed by atoms with Crippen LogP contribution >= 0.6 is 0 Å². The van der Waals surface area contributed by atoms with Crippen molar-refractivity contribution in [2.24, 2.45) is 11.1 Å². The van der Waals surface area contributed by atoms with Gasteiger partial charge in [-0.3, -0.25) is 0 Å². The van der Waals surface area contributed by atoms with Crippen molar-refractivity contribution in [2.45, 2.75) is 19.0 Å². The highest BCUT2D eigenvalue weighted by atomic mass is 32.2. The van der Waals surface area contributed by atoms with Gasteiger partial charge in [0.1, 0.15) is 6.61 Å². The van der Waals surface area contributed by atoms with Gasteiger partial charge in [-0.25, -0.2) is 27.1 Å². The van der Waals surface area contributed by atoms with Crippen molar-refractivity contribution in [3.8, 4) is 0 Å².